The highest BCUT2D eigenvalue weighted by molar-refractivity contribution is 5.81. The molecule has 1 amide bonds. The van der Waals surface area contributed by atoms with E-state index < -0.39 is 36.1 Å². The van der Waals surface area contributed by atoms with Crippen LogP contribution in [0.15, 0.2) is 0 Å². The Labute approximate surface area is 187 Å². The van der Waals surface area contributed by atoms with Crippen LogP contribution in [0.4, 0.5) is 0 Å². The zero-order chi connectivity index (χ0) is 23.1. The third-order valence-corrected chi connectivity index (χ3v) is 5.90. The summed E-state index contributed by atoms with van der Waals surface area (Å²) in [6.07, 6.45) is 8.50. The first-order chi connectivity index (χ1) is 14.8. The van der Waals surface area contributed by atoms with Crippen molar-refractivity contribution in [1.29, 1.82) is 0 Å². The molecule has 1 rings (SSSR count). The fraction of sp³-hybridized carbons (Fsp3) is 0.957. The summed E-state index contributed by atoms with van der Waals surface area (Å²) in [7, 11) is 0. The molecule has 8 nitrogen and oxygen atoms in total. The summed E-state index contributed by atoms with van der Waals surface area (Å²) in [5, 5.41) is 41.6. The Kier molecular flexibility index (Phi) is 14.5. The van der Waals surface area contributed by atoms with E-state index in [0.29, 0.717) is 6.42 Å². The van der Waals surface area contributed by atoms with Gasteiger partial charge in [0.1, 0.15) is 18.3 Å². The maximum absolute atomic E-state index is 11.8. The highest BCUT2D eigenvalue weighted by Crippen LogP contribution is 2.30. The zero-order valence-corrected chi connectivity index (χ0v) is 19.4. The van der Waals surface area contributed by atoms with E-state index in [-0.39, 0.29) is 19.8 Å². The predicted octanol–water partition coefficient (Wildman–Crippen LogP) is 2.01. The minimum Gasteiger partial charge on any atom is -0.395 e. The summed E-state index contributed by atoms with van der Waals surface area (Å²) in [5.74, 6) is -1.80. The molecule has 31 heavy (non-hydrogen) atoms. The van der Waals surface area contributed by atoms with Crippen LogP contribution >= 0.6 is 0 Å². The van der Waals surface area contributed by atoms with Crippen molar-refractivity contribution < 1.29 is 34.7 Å². The number of amides is 1. The lowest BCUT2D eigenvalue weighted by atomic mass is 9.99. The molecule has 1 saturated heterocycles. The molecule has 184 valence electrons. The molecule has 8 heteroatoms. The molecule has 0 aromatic heterocycles. The van der Waals surface area contributed by atoms with Gasteiger partial charge in [-0.3, -0.25) is 4.79 Å². The fourth-order valence-electron chi connectivity index (χ4n) is 3.91. The minimum absolute atomic E-state index is 0.0314. The Balaban J connectivity index is 2.29. The number of hydrogen-bond donors (Lipinski definition) is 5. The van der Waals surface area contributed by atoms with Gasteiger partial charge >= 0.3 is 0 Å². The maximum Gasteiger partial charge on any atom is 0.251 e. The van der Waals surface area contributed by atoms with Gasteiger partial charge in [-0.15, -0.1) is 0 Å². The molecule has 0 bridgehead atoms. The lowest BCUT2D eigenvalue weighted by molar-refractivity contribution is -0.332. The van der Waals surface area contributed by atoms with Gasteiger partial charge in [0.15, 0.2) is 11.9 Å². The molecule has 0 aliphatic carbocycles. The first-order valence-corrected chi connectivity index (χ1v) is 12.1. The van der Waals surface area contributed by atoms with E-state index in [4.69, 9.17) is 14.6 Å². The van der Waals surface area contributed by atoms with Crippen molar-refractivity contribution in [3.8, 4) is 0 Å². The first kappa shape index (κ1) is 28.3. The number of rotatable bonds is 17. The van der Waals surface area contributed by atoms with Crippen molar-refractivity contribution in [2.45, 2.75) is 121 Å². The number of aliphatic hydroxyl groups is 4. The number of unbranched alkanes of at least 4 members (excludes halogenated alkanes) is 10. The molecular formula is C23H45NO7. The molecule has 5 N–H and O–H groups in total. The molecule has 1 heterocycles. The Morgan fingerprint density at radius 1 is 1.03 bits per heavy atom. The molecule has 0 spiro atoms. The third kappa shape index (κ3) is 11.1. The Bertz CT molecular complexity index is 479. The standard InChI is InChI=1S/C23H45NO7/c1-3-4-5-6-7-8-9-10-11-12-13-14-23(2)30-17-18(26)21(31-23)19(27)20(28)22(29)24-15-16-25/h18-21,25-28H,3-17H2,1-2H3,(H,24,29)/t18-,19-,20-,21-,23?/m1/s1. The van der Waals surface area contributed by atoms with E-state index in [1.165, 1.54) is 51.4 Å². The van der Waals surface area contributed by atoms with Crippen molar-refractivity contribution >= 4 is 5.91 Å². The molecular weight excluding hydrogens is 402 g/mol. The van der Waals surface area contributed by atoms with E-state index >= 15 is 0 Å². The van der Waals surface area contributed by atoms with E-state index in [9.17, 15) is 20.1 Å². The number of nitrogens with one attached hydrogen (secondary N) is 1. The summed E-state index contributed by atoms with van der Waals surface area (Å²) in [4.78, 5) is 11.8. The van der Waals surface area contributed by atoms with E-state index in [1.807, 2.05) is 0 Å². The second kappa shape index (κ2) is 15.9. The van der Waals surface area contributed by atoms with Crippen LogP contribution in [0, 0.1) is 0 Å². The summed E-state index contributed by atoms with van der Waals surface area (Å²) < 4.78 is 11.5. The molecule has 1 fully saturated rings. The van der Waals surface area contributed by atoms with Gasteiger partial charge in [0.25, 0.3) is 5.91 Å². The Morgan fingerprint density at radius 2 is 1.58 bits per heavy atom. The van der Waals surface area contributed by atoms with Gasteiger partial charge < -0.3 is 35.2 Å². The smallest absolute Gasteiger partial charge is 0.251 e. The summed E-state index contributed by atoms with van der Waals surface area (Å²) in [6.45, 7) is 3.64. The number of aliphatic hydroxyl groups excluding tert-OH is 4. The molecule has 0 saturated carbocycles. The molecule has 5 atom stereocenters. The van der Waals surface area contributed by atoms with Crippen LogP contribution < -0.4 is 5.32 Å². The normalized spacial score (nSPS) is 25.9. The zero-order valence-electron chi connectivity index (χ0n) is 19.4. The molecule has 0 radical (unpaired) electrons. The number of carbonyl (C=O) groups is 1. The maximum atomic E-state index is 11.8. The number of ether oxygens (including phenoxy) is 2. The topological polar surface area (TPSA) is 128 Å². The quantitative estimate of drug-likeness (QED) is 0.216. The molecule has 1 aliphatic heterocycles. The molecule has 1 unspecified atom stereocenters. The second-order valence-corrected chi connectivity index (χ2v) is 8.83. The van der Waals surface area contributed by atoms with Crippen LogP contribution in [0.1, 0.15) is 90.9 Å². The van der Waals surface area contributed by atoms with Crippen LogP contribution in [-0.4, -0.2) is 76.3 Å². The molecule has 0 aromatic rings. The van der Waals surface area contributed by atoms with Crippen molar-refractivity contribution in [3.63, 3.8) is 0 Å². The third-order valence-electron chi connectivity index (χ3n) is 5.90. The van der Waals surface area contributed by atoms with E-state index in [1.54, 1.807) is 6.92 Å². The second-order valence-electron chi connectivity index (χ2n) is 8.83. The van der Waals surface area contributed by atoms with Crippen molar-refractivity contribution in [2.75, 3.05) is 19.8 Å². The van der Waals surface area contributed by atoms with Gasteiger partial charge in [-0.25, -0.2) is 0 Å². The van der Waals surface area contributed by atoms with E-state index in [2.05, 4.69) is 12.2 Å². The average Bonchev–Trinajstić information content (AvgIpc) is 2.76. The van der Waals surface area contributed by atoms with Gasteiger partial charge in [-0.1, -0.05) is 71.1 Å². The SMILES string of the molecule is CCCCCCCCCCCCCC1(C)OC[C@@H](O)[C@H]([C@H](O)[C@@H](O)C(=O)NCCO)O1. The summed E-state index contributed by atoms with van der Waals surface area (Å²) >= 11 is 0. The van der Waals surface area contributed by atoms with E-state index in [0.717, 1.165) is 19.3 Å². The van der Waals surface area contributed by atoms with Gasteiger partial charge in [-0.05, 0) is 13.3 Å². The number of carbonyl (C=O) groups excluding carboxylic acids is 1. The fourth-order valence-corrected chi connectivity index (χ4v) is 3.91. The molecule has 1 aliphatic rings. The Morgan fingerprint density at radius 3 is 2.13 bits per heavy atom. The van der Waals surface area contributed by atoms with Gasteiger partial charge in [-0.2, -0.15) is 0 Å². The van der Waals surface area contributed by atoms with Crippen LogP contribution in [0.3, 0.4) is 0 Å². The van der Waals surface area contributed by atoms with Gasteiger partial charge in [0.2, 0.25) is 0 Å². The monoisotopic (exact) mass is 447 g/mol. The minimum atomic E-state index is -1.77. The highest BCUT2D eigenvalue weighted by atomic mass is 16.7. The summed E-state index contributed by atoms with van der Waals surface area (Å²) in [6, 6.07) is 0. The van der Waals surface area contributed by atoms with Gasteiger partial charge in [0.05, 0.1) is 13.2 Å². The Hall–Kier alpha value is -0.770. The lowest BCUT2D eigenvalue weighted by Gasteiger charge is -2.43. The largest absolute Gasteiger partial charge is 0.395 e. The highest BCUT2D eigenvalue weighted by Gasteiger charge is 2.45. The van der Waals surface area contributed by atoms with Crippen molar-refractivity contribution in [2.24, 2.45) is 0 Å². The number of hydrogen-bond acceptors (Lipinski definition) is 7. The first-order valence-electron chi connectivity index (χ1n) is 12.1. The summed E-state index contributed by atoms with van der Waals surface area (Å²) in [5.41, 5.74) is 0. The van der Waals surface area contributed by atoms with Crippen LogP contribution in [0.25, 0.3) is 0 Å². The van der Waals surface area contributed by atoms with Crippen molar-refractivity contribution in [1.82, 2.24) is 5.32 Å². The van der Waals surface area contributed by atoms with Crippen molar-refractivity contribution in [3.05, 3.63) is 0 Å². The van der Waals surface area contributed by atoms with Crippen LogP contribution in [0.2, 0.25) is 0 Å². The lowest BCUT2D eigenvalue weighted by Crippen LogP contribution is -2.59. The van der Waals surface area contributed by atoms with Crippen LogP contribution in [0.5, 0.6) is 0 Å². The predicted molar refractivity (Wildman–Crippen MR) is 118 cm³/mol. The average molecular weight is 448 g/mol. The van der Waals surface area contributed by atoms with Crippen LogP contribution in [-0.2, 0) is 14.3 Å². The van der Waals surface area contributed by atoms with Gasteiger partial charge in [0, 0.05) is 13.0 Å². The molecule has 0 aromatic carbocycles.